The number of hydrogen-bond donors (Lipinski definition) is 3. The van der Waals surface area contributed by atoms with Gasteiger partial charge in [-0.25, -0.2) is 4.57 Å². The predicted molar refractivity (Wildman–Crippen MR) is 359 cm³/mol. The van der Waals surface area contributed by atoms with Crippen LogP contribution in [0.1, 0.15) is 284 Å². The summed E-state index contributed by atoms with van der Waals surface area (Å²) in [5, 5.41) is 14.1. The number of hydrogen-bond acceptors (Lipinski definition) is 5. The molecule has 82 heavy (non-hydrogen) atoms. The number of aliphatic hydroxyl groups is 1. The van der Waals surface area contributed by atoms with Crippen LogP contribution in [0, 0.1) is 0 Å². The molecule has 0 saturated heterocycles. The van der Waals surface area contributed by atoms with Gasteiger partial charge < -0.3 is 19.8 Å². The van der Waals surface area contributed by atoms with Crippen LogP contribution < -0.4 is 5.32 Å². The number of likely N-dealkylation sites (N-methyl/N-ethyl adjacent to an activating group) is 1. The predicted octanol–water partition coefficient (Wildman–Crippen LogP) is 21.7. The van der Waals surface area contributed by atoms with Gasteiger partial charge in [0.25, 0.3) is 0 Å². The standard InChI is InChI=1S/C73H129N2O6P/c1-6-8-10-12-14-16-18-20-22-24-26-28-30-31-32-33-34-35-36-37-38-39-40-41-42-43-45-47-49-51-53-55-57-59-61-63-65-67-73(77)74-71(70-81-82(78,79)80-69-68-75(3,4)5)72(76)66-64-62-60-58-56-54-52-50-48-46-44-29-27-25-23-21-19-17-15-13-11-9-7-2/h8,10,14,16,20,22,26,28,31-32,34-35,37-38,40-41,43,45,49,51,71-72,76H,6-7,9,11-13,15,17-19,21,23-25,27,29-30,33,36,39,42,44,46-48,50,52-70H2,1-5H3,(H-,74,77,78,79)/p+1/b10-8-,16-14-,22-20-,28-26-,32-31-,35-34-,38-37-,41-40-,45-43-,51-49-. The summed E-state index contributed by atoms with van der Waals surface area (Å²) in [6.45, 7) is 4.78. The van der Waals surface area contributed by atoms with Crippen LogP contribution in [0.3, 0.4) is 0 Å². The van der Waals surface area contributed by atoms with Crippen molar-refractivity contribution in [3.8, 4) is 0 Å². The van der Waals surface area contributed by atoms with Gasteiger partial charge in [0.1, 0.15) is 13.2 Å². The zero-order valence-electron chi connectivity index (χ0n) is 53.9. The molecule has 0 aliphatic heterocycles. The fraction of sp³-hybridized carbons (Fsp3) is 0.712. The van der Waals surface area contributed by atoms with Crippen LogP contribution in [-0.4, -0.2) is 73.4 Å². The van der Waals surface area contributed by atoms with E-state index in [0.717, 1.165) is 116 Å². The highest BCUT2D eigenvalue weighted by atomic mass is 31.2. The topological polar surface area (TPSA) is 105 Å². The van der Waals surface area contributed by atoms with E-state index in [1.807, 2.05) is 21.1 Å². The first kappa shape index (κ1) is 78.9. The lowest BCUT2D eigenvalue weighted by molar-refractivity contribution is -0.870. The fourth-order valence-electron chi connectivity index (χ4n) is 9.49. The molecule has 3 atom stereocenters. The van der Waals surface area contributed by atoms with E-state index >= 15 is 0 Å². The Balaban J connectivity index is 4.16. The number of allylic oxidation sites excluding steroid dienone is 20. The third-order valence-corrected chi connectivity index (χ3v) is 15.7. The second-order valence-corrected chi connectivity index (χ2v) is 25.3. The number of quaternary nitrogens is 1. The van der Waals surface area contributed by atoms with E-state index < -0.39 is 20.0 Å². The highest BCUT2D eigenvalue weighted by molar-refractivity contribution is 7.47. The minimum atomic E-state index is -4.34. The van der Waals surface area contributed by atoms with E-state index in [1.165, 1.54) is 141 Å². The number of rotatable bonds is 61. The SMILES string of the molecule is CC/C=C\C/C=C\C/C=C\C/C=C\C/C=C\C/C=C\C/C=C\C/C=C\C/C=C\C/C=C\CCCCCCCCC(=O)NC(COP(=O)(O)OCC[N+](C)(C)C)C(O)CCCCCCCCCCCCCCCCCCCCCCCCC. The molecule has 0 aliphatic rings. The van der Waals surface area contributed by atoms with Gasteiger partial charge >= 0.3 is 7.82 Å². The molecule has 0 radical (unpaired) electrons. The summed E-state index contributed by atoms with van der Waals surface area (Å²) in [6, 6.07) is -0.779. The van der Waals surface area contributed by atoms with Crippen molar-refractivity contribution in [3.05, 3.63) is 122 Å². The average Bonchev–Trinajstić information content (AvgIpc) is 3.47. The van der Waals surface area contributed by atoms with Crippen LogP contribution in [0.25, 0.3) is 0 Å². The number of amides is 1. The van der Waals surface area contributed by atoms with E-state index in [-0.39, 0.29) is 19.1 Å². The maximum Gasteiger partial charge on any atom is 0.472 e. The van der Waals surface area contributed by atoms with Gasteiger partial charge in [-0.2, -0.15) is 0 Å². The van der Waals surface area contributed by atoms with Crippen LogP contribution >= 0.6 is 7.82 Å². The number of phosphoric acid groups is 1. The number of aliphatic hydroxyl groups excluding tert-OH is 1. The Hall–Kier alpha value is -3.10. The van der Waals surface area contributed by atoms with Crippen molar-refractivity contribution in [1.82, 2.24) is 5.32 Å². The molecule has 0 heterocycles. The van der Waals surface area contributed by atoms with Crippen molar-refractivity contribution in [2.24, 2.45) is 0 Å². The molecule has 0 saturated carbocycles. The molecular weight excluding hydrogens is 1030 g/mol. The van der Waals surface area contributed by atoms with Crippen molar-refractivity contribution in [2.75, 3.05) is 40.9 Å². The van der Waals surface area contributed by atoms with E-state index in [9.17, 15) is 19.4 Å². The summed E-state index contributed by atoms with van der Waals surface area (Å²) in [5.74, 6) is -0.161. The quantitative estimate of drug-likeness (QED) is 0.0243. The van der Waals surface area contributed by atoms with E-state index in [1.54, 1.807) is 0 Å². The average molecular weight is 1160 g/mol. The highest BCUT2D eigenvalue weighted by Gasteiger charge is 2.28. The normalized spacial score (nSPS) is 14.5. The number of carbonyl (C=O) groups is 1. The lowest BCUT2D eigenvalue weighted by Gasteiger charge is -2.26. The number of unbranched alkanes of at least 4 members (excludes halogenated alkanes) is 28. The van der Waals surface area contributed by atoms with Gasteiger partial charge in [-0.05, 0) is 89.9 Å². The first-order valence-corrected chi connectivity index (χ1v) is 35.4. The number of nitrogens with zero attached hydrogens (tertiary/aromatic N) is 1. The zero-order valence-corrected chi connectivity index (χ0v) is 54.8. The maximum absolute atomic E-state index is 13.1. The lowest BCUT2D eigenvalue weighted by Crippen LogP contribution is -2.46. The highest BCUT2D eigenvalue weighted by Crippen LogP contribution is 2.43. The van der Waals surface area contributed by atoms with Crippen LogP contribution in [0.15, 0.2) is 122 Å². The molecule has 0 aromatic heterocycles. The van der Waals surface area contributed by atoms with Crippen LogP contribution in [-0.2, 0) is 18.4 Å². The van der Waals surface area contributed by atoms with Gasteiger partial charge in [0.2, 0.25) is 5.91 Å². The maximum atomic E-state index is 13.1. The molecule has 9 heteroatoms. The second kappa shape index (κ2) is 62.4. The smallest absolute Gasteiger partial charge is 0.391 e. The molecule has 472 valence electrons. The number of phosphoric ester groups is 1. The van der Waals surface area contributed by atoms with E-state index in [4.69, 9.17) is 9.05 Å². The van der Waals surface area contributed by atoms with Gasteiger partial charge in [-0.1, -0.05) is 309 Å². The molecule has 3 unspecified atom stereocenters. The Kier molecular flexibility index (Phi) is 60.1. The van der Waals surface area contributed by atoms with Crippen LogP contribution in [0.5, 0.6) is 0 Å². The van der Waals surface area contributed by atoms with Crippen molar-refractivity contribution < 1.29 is 32.9 Å². The number of nitrogens with one attached hydrogen (secondary N) is 1. The Bertz CT molecular complexity index is 1750. The Morgan fingerprint density at radius 2 is 0.732 bits per heavy atom. The second-order valence-electron chi connectivity index (χ2n) is 23.8. The fourth-order valence-corrected chi connectivity index (χ4v) is 10.2. The van der Waals surface area contributed by atoms with Gasteiger partial charge in [0, 0.05) is 6.42 Å². The Morgan fingerprint density at radius 3 is 1.07 bits per heavy atom. The molecule has 0 aliphatic carbocycles. The summed E-state index contributed by atoms with van der Waals surface area (Å²) in [4.78, 5) is 23.4. The lowest BCUT2D eigenvalue weighted by atomic mass is 10.0. The molecule has 0 spiro atoms. The first-order valence-electron chi connectivity index (χ1n) is 33.9. The summed E-state index contributed by atoms with van der Waals surface area (Å²) in [6.07, 6.45) is 92.8. The molecule has 0 aromatic rings. The summed E-state index contributed by atoms with van der Waals surface area (Å²) in [5.41, 5.74) is 0. The molecular formula is C73H130N2O6P+. The third-order valence-electron chi connectivity index (χ3n) is 14.7. The van der Waals surface area contributed by atoms with Gasteiger partial charge in [-0.3, -0.25) is 13.8 Å². The Labute approximate surface area is 507 Å². The summed E-state index contributed by atoms with van der Waals surface area (Å²) >= 11 is 0. The monoisotopic (exact) mass is 1160 g/mol. The molecule has 0 bridgehead atoms. The minimum Gasteiger partial charge on any atom is -0.391 e. The molecule has 0 rings (SSSR count). The minimum absolute atomic E-state index is 0.0660. The van der Waals surface area contributed by atoms with Crippen LogP contribution in [0.2, 0.25) is 0 Å². The largest absolute Gasteiger partial charge is 0.472 e. The molecule has 8 nitrogen and oxygen atoms in total. The molecule has 0 aromatic carbocycles. The zero-order chi connectivity index (χ0) is 59.8. The molecule has 1 amide bonds. The van der Waals surface area contributed by atoms with E-state index in [0.29, 0.717) is 23.9 Å². The van der Waals surface area contributed by atoms with Crippen molar-refractivity contribution in [3.63, 3.8) is 0 Å². The third kappa shape index (κ3) is 64.5. The van der Waals surface area contributed by atoms with Crippen molar-refractivity contribution in [2.45, 2.75) is 296 Å². The Morgan fingerprint density at radius 1 is 0.427 bits per heavy atom. The van der Waals surface area contributed by atoms with Crippen molar-refractivity contribution in [1.29, 1.82) is 0 Å². The van der Waals surface area contributed by atoms with Gasteiger partial charge in [-0.15, -0.1) is 0 Å². The van der Waals surface area contributed by atoms with Crippen LogP contribution in [0.4, 0.5) is 0 Å². The first-order chi connectivity index (χ1) is 40.0. The summed E-state index contributed by atoms with van der Waals surface area (Å²) < 4.78 is 23.9. The number of carbonyl (C=O) groups excluding carboxylic acids is 1. The summed E-state index contributed by atoms with van der Waals surface area (Å²) in [7, 11) is 1.60. The molecule has 0 fully saturated rings. The van der Waals surface area contributed by atoms with Gasteiger partial charge in [0.15, 0.2) is 0 Å². The van der Waals surface area contributed by atoms with Gasteiger partial charge in [0.05, 0.1) is 39.9 Å². The molecule has 3 N–H and O–H groups in total. The van der Waals surface area contributed by atoms with Crippen molar-refractivity contribution >= 4 is 13.7 Å². The van der Waals surface area contributed by atoms with E-state index in [2.05, 4.69) is 141 Å².